The molecule has 1 aliphatic heterocycles. The molecule has 14 heavy (non-hydrogen) atoms. The summed E-state index contributed by atoms with van der Waals surface area (Å²) in [7, 11) is 0. The maximum Gasteiger partial charge on any atom is 0.304 e. The number of likely N-dealkylation sites (tertiary alicyclic amines) is 1. The van der Waals surface area contributed by atoms with Crippen molar-refractivity contribution in [1.82, 2.24) is 4.90 Å². The number of β-amino-alcohol motifs (C(OH)–C–C–N with tert-alkyl or cyclic N) is 1. The standard InChI is InChI=1S/C10H19NO3/c1-7(2)10(14)5-11(6-10)8(3)4-9(12)13/h7-8,14H,4-6H2,1-3H3,(H,12,13). The van der Waals surface area contributed by atoms with E-state index >= 15 is 0 Å². The fraction of sp³-hybridized carbons (Fsp3) is 0.900. The number of carboxylic acid groups (broad SMARTS) is 1. The molecule has 0 spiro atoms. The summed E-state index contributed by atoms with van der Waals surface area (Å²) >= 11 is 0. The molecule has 0 radical (unpaired) electrons. The van der Waals surface area contributed by atoms with Gasteiger partial charge in [-0.2, -0.15) is 0 Å². The van der Waals surface area contributed by atoms with E-state index in [9.17, 15) is 9.90 Å². The van der Waals surface area contributed by atoms with E-state index in [2.05, 4.69) is 0 Å². The molecule has 0 aliphatic carbocycles. The van der Waals surface area contributed by atoms with Gasteiger partial charge in [0.25, 0.3) is 0 Å². The highest BCUT2D eigenvalue weighted by molar-refractivity contribution is 5.67. The largest absolute Gasteiger partial charge is 0.481 e. The molecule has 2 N–H and O–H groups in total. The first kappa shape index (κ1) is 11.5. The van der Waals surface area contributed by atoms with Crippen molar-refractivity contribution in [2.45, 2.75) is 38.8 Å². The lowest BCUT2D eigenvalue weighted by Gasteiger charge is -2.51. The van der Waals surface area contributed by atoms with Crippen LogP contribution < -0.4 is 0 Å². The molecule has 1 rings (SSSR count). The number of aliphatic carboxylic acids is 1. The van der Waals surface area contributed by atoms with Gasteiger partial charge in [0.1, 0.15) is 0 Å². The van der Waals surface area contributed by atoms with Gasteiger partial charge < -0.3 is 10.2 Å². The number of hydrogen-bond donors (Lipinski definition) is 2. The van der Waals surface area contributed by atoms with Crippen molar-refractivity contribution in [2.24, 2.45) is 5.92 Å². The minimum atomic E-state index is -0.780. The van der Waals surface area contributed by atoms with Crippen molar-refractivity contribution in [3.8, 4) is 0 Å². The van der Waals surface area contributed by atoms with Crippen LogP contribution in [0.5, 0.6) is 0 Å². The van der Waals surface area contributed by atoms with Crippen molar-refractivity contribution < 1.29 is 15.0 Å². The maximum absolute atomic E-state index is 10.5. The summed E-state index contributed by atoms with van der Waals surface area (Å²) in [5.41, 5.74) is -0.604. The minimum absolute atomic E-state index is 0.0199. The smallest absolute Gasteiger partial charge is 0.304 e. The topological polar surface area (TPSA) is 60.8 Å². The highest BCUT2D eigenvalue weighted by Crippen LogP contribution is 2.30. The van der Waals surface area contributed by atoms with E-state index in [0.717, 1.165) is 0 Å². The summed E-state index contributed by atoms with van der Waals surface area (Å²) in [6.07, 6.45) is 0.147. The molecule has 1 atom stereocenters. The summed E-state index contributed by atoms with van der Waals surface area (Å²) in [4.78, 5) is 12.5. The van der Waals surface area contributed by atoms with Gasteiger partial charge in [-0.25, -0.2) is 0 Å². The van der Waals surface area contributed by atoms with Crippen molar-refractivity contribution >= 4 is 5.97 Å². The van der Waals surface area contributed by atoms with Crippen molar-refractivity contribution in [3.05, 3.63) is 0 Å². The normalized spacial score (nSPS) is 23.2. The SMILES string of the molecule is CC(CC(=O)O)N1CC(O)(C(C)C)C1. The monoisotopic (exact) mass is 201 g/mol. The zero-order valence-electron chi connectivity index (χ0n) is 9.03. The van der Waals surface area contributed by atoms with Gasteiger partial charge in [-0.3, -0.25) is 9.69 Å². The second kappa shape index (κ2) is 3.87. The summed E-state index contributed by atoms with van der Waals surface area (Å²) in [6, 6.07) is 0.0199. The third kappa shape index (κ3) is 2.25. The summed E-state index contributed by atoms with van der Waals surface area (Å²) in [5, 5.41) is 18.6. The van der Waals surface area contributed by atoms with Gasteiger partial charge in [0.05, 0.1) is 12.0 Å². The van der Waals surface area contributed by atoms with E-state index in [1.165, 1.54) is 0 Å². The molecule has 0 saturated carbocycles. The van der Waals surface area contributed by atoms with E-state index in [0.29, 0.717) is 13.1 Å². The predicted octanol–water partition coefficient (Wildman–Crippen LogP) is 0.552. The third-order valence-corrected chi connectivity index (χ3v) is 3.12. The van der Waals surface area contributed by atoms with Crippen LogP contribution in [0.25, 0.3) is 0 Å². The first-order valence-electron chi connectivity index (χ1n) is 5.03. The Kier molecular flexibility index (Phi) is 3.17. The molecule has 82 valence electrons. The molecule has 0 aromatic rings. The summed E-state index contributed by atoms with van der Waals surface area (Å²) < 4.78 is 0. The Bertz CT molecular complexity index is 221. The van der Waals surface area contributed by atoms with Gasteiger partial charge >= 0.3 is 5.97 Å². The number of aliphatic hydroxyl groups is 1. The van der Waals surface area contributed by atoms with Crippen molar-refractivity contribution in [1.29, 1.82) is 0 Å². The van der Waals surface area contributed by atoms with E-state index in [-0.39, 0.29) is 18.4 Å². The molecular formula is C10H19NO3. The maximum atomic E-state index is 10.5. The van der Waals surface area contributed by atoms with Crippen LogP contribution >= 0.6 is 0 Å². The van der Waals surface area contributed by atoms with E-state index < -0.39 is 11.6 Å². The van der Waals surface area contributed by atoms with Crippen LogP contribution in [0.15, 0.2) is 0 Å². The minimum Gasteiger partial charge on any atom is -0.481 e. The number of nitrogens with zero attached hydrogens (tertiary/aromatic N) is 1. The van der Waals surface area contributed by atoms with Crippen LogP contribution in [0, 0.1) is 5.92 Å². The molecule has 0 aromatic carbocycles. The molecule has 1 saturated heterocycles. The van der Waals surface area contributed by atoms with Crippen LogP contribution in [0.2, 0.25) is 0 Å². The number of rotatable bonds is 4. The van der Waals surface area contributed by atoms with E-state index in [4.69, 9.17) is 5.11 Å². The van der Waals surface area contributed by atoms with Crippen LogP contribution in [-0.4, -0.2) is 45.8 Å². The van der Waals surface area contributed by atoms with Crippen LogP contribution in [0.1, 0.15) is 27.2 Å². The average Bonchev–Trinajstić information content (AvgIpc) is 1.96. The Morgan fingerprint density at radius 2 is 1.93 bits per heavy atom. The zero-order valence-corrected chi connectivity index (χ0v) is 9.03. The summed E-state index contributed by atoms with van der Waals surface area (Å²) in [5.74, 6) is -0.548. The van der Waals surface area contributed by atoms with E-state index in [1.807, 2.05) is 25.7 Å². The molecule has 4 heteroatoms. The number of hydrogen-bond acceptors (Lipinski definition) is 3. The molecule has 1 heterocycles. The lowest BCUT2D eigenvalue weighted by atomic mass is 9.82. The molecule has 0 amide bonds. The molecule has 1 fully saturated rings. The van der Waals surface area contributed by atoms with Crippen molar-refractivity contribution in [2.75, 3.05) is 13.1 Å². The van der Waals surface area contributed by atoms with Crippen LogP contribution in [-0.2, 0) is 4.79 Å². The van der Waals surface area contributed by atoms with Gasteiger partial charge in [-0.1, -0.05) is 13.8 Å². The van der Waals surface area contributed by atoms with Crippen molar-refractivity contribution in [3.63, 3.8) is 0 Å². The lowest BCUT2D eigenvalue weighted by Crippen LogP contribution is -2.66. The highest BCUT2D eigenvalue weighted by Gasteiger charge is 2.45. The van der Waals surface area contributed by atoms with Gasteiger partial charge in [-0.05, 0) is 12.8 Å². The molecule has 1 unspecified atom stereocenters. The molecule has 0 bridgehead atoms. The lowest BCUT2D eigenvalue weighted by molar-refractivity contribution is -0.152. The first-order valence-corrected chi connectivity index (χ1v) is 5.03. The highest BCUT2D eigenvalue weighted by atomic mass is 16.4. The Balaban J connectivity index is 2.37. The van der Waals surface area contributed by atoms with Gasteiger partial charge in [-0.15, -0.1) is 0 Å². The molecular weight excluding hydrogens is 182 g/mol. The first-order chi connectivity index (χ1) is 6.35. The fourth-order valence-electron chi connectivity index (χ4n) is 1.72. The molecule has 4 nitrogen and oxygen atoms in total. The molecule has 1 aliphatic rings. The Morgan fingerprint density at radius 1 is 1.43 bits per heavy atom. The van der Waals surface area contributed by atoms with Gasteiger partial charge in [0.15, 0.2) is 0 Å². The second-order valence-electron chi connectivity index (χ2n) is 4.61. The Hall–Kier alpha value is -0.610. The van der Waals surface area contributed by atoms with Crippen LogP contribution in [0.4, 0.5) is 0 Å². The molecule has 0 aromatic heterocycles. The quantitative estimate of drug-likeness (QED) is 0.697. The average molecular weight is 201 g/mol. The second-order valence-corrected chi connectivity index (χ2v) is 4.61. The predicted molar refractivity (Wildman–Crippen MR) is 53.1 cm³/mol. The van der Waals surface area contributed by atoms with E-state index in [1.54, 1.807) is 0 Å². The Morgan fingerprint density at radius 3 is 2.29 bits per heavy atom. The number of carbonyl (C=O) groups is 1. The third-order valence-electron chi connectivity index (χ3n) is 3.12. The van der Waals surface area contributed by atoms with Gasteiger partial charge in [0, 0.05) is 19.1 Å². The van der Waals surface area contributed by atoms with Gasteiger partial charge in [0.2, 0.25) is 0 Å². The summed E-state index contributed by atoms with van der Waals surface area (Å²) in [6.45, 7) is 7.05. The Labute approximate surface area is 84.5 Å². The van der Waals surface area contributed by atoms with Crippen LogP contribution in [0.3, 0.4) is 0 Å². The number of carboxylic acids is 1. The zero-order chi connectivity index (χ0) is 10.9. The fourth-order valence-corrected chi connectivity index (χ4v) is 1.72.